The van der Waals surface area contributed by atoms with Gasteiger partial charge in [-0.3, -0.25) is 9.59 Å². The Morgan fingerprint density at radius 3 is 2.87 bits per heavy atom. The maximum Gasteiger partial charge on any atom is 0.324 e. The summed E-state index contributed by atoms with van der Waals surface area (Å²) >= 11 is 0. The number of ether oxygens (including phenoxy) is 1. The molecule has 3 aliphatic carbocycles. The van der Waals surface area contributed by atoms with Crippen LogP contribution in [0.1, 0.15) is 19.3 Å². The Kier molecular flexibility index (Phi) is 2.29. The van der Waals surface area contributed by atoms with Gasteiger partial charge in [0.2, 0.25) is 0 Å². The largest absolute Gasteiger partial charge is 0.480 e. The molecule has 0 spiro atoms. The number of carboxylic acids is 1. The van der Waals surface area contributed by atoms with Crippen LogP contribution in [0.5, 0.6) is 0 Å². The summed E-state index contributed by atoms with van der Waals surface area (Å²) in [7, 11) is 1.25. The summed E-state index contributed by atoms with van der Waals surface area (Å²) < 4.78 is 4.66. The molecule has 3 aliphatic rings. The van der Waals surface area contributed by atoms with E-state index < -0.39 is 17.4 Å². The molecule has 1 N–H and O–H groups in total. The van der Waals surface area contributed by atoms with E-state index in [4.69, 9.17) is 0 Å². The summed E-state index contributed by atoms with van der Waals surface area (Å²) in [6.45, 7) is 0. The molecule has 3 atom stereocenters. The van der Waals surface area contributed by atoms with Crippen molar-refractivity contribution < 1.29 is 19.4 Å². The van der Waals surface area contributed by atoms with Crippen molar-refractivity contribution in [3.8, 4) is 0 Å². The lowest BCUT2D eigenvalue weighted by molar-refractivity contribution is -0.188. The predicted octanol–water partition coefficient (Wildman–Crippen LogP) is 1.22. The molecule has 4 nitrogen and oxygen atoms in total. The Morgan fingerprint density at radius 2 is 2.27 bits per heavy atom. The molecule has 1 fully saturated rings. The van der Waals surface area contributed by atoms with Gasteiger partial charge in [0.1, 0.15) is 0 Å². The average molecular weight is 210 g/mol. The van der Waals surface area contributed by atoms with Crippen LogP contribution in [0.3, 0.4) is 0 Å². The Bertz CT molecular complexity index is 331. The third-order valence-corrected chi connectivity index (χ3v) is 3.69. The van der Waals surface area contributed by atoms with E-state index in [1.54, 1.807) is 0 Å². The zero-order valence-electron chi connectivity index (χ0n) is 8.60. The summed E-state index contributed by atoms with van der Waals surface area (Å²) in [4.78, 5) is 23.0. The first kappa shape index (κ1) is 10.2. The van der Waals surface area contributed by atoms with E-state index in [-0.39, 0.29) is 11.8 Å². The third-order valence-electron chi connectivity index (χ3n) is 3.69. The molecule has 0 heterocycles. The number of hydrogen-bond acceptors (Lipinski definition) is 3. The molecule has 0 aliphatic heterocycles. The van der Waals surface area contributed by atoms with Crippen molar-refractivity contribution >= 4 is 11.9 Å². The van der Waals surface area contributed by atoms with Gasteiger partial charge >= 0.3 is 11.9 Å². The molecule has 4 heteroatoms. The summed E-state index contributed by atoms with van der Waals surface area (Å²) in [6, 6.07) is 0. The fourth-order valence-corrected chi connectivity index (χ4v) is 2.86. The molecular formula is C11H14O4. The molecule has 0 aromatic rings. The Labute approximate surface area is 87.9 Å². The van der Waals surface area contributed by atoms with Crippen LogP contribution in [0, 0.1) is 17.3 Å². The van der Waals surface area contributed by atoms with E-state index in [2.05, 4.69) is 4.74 Å². The number of carbonyl (C=O) groups is 2. The van der Waals surface area contributed by atoms with Crippen molar-refractivity contribution in [3.63, 3.8) is 0 Å². The number of esters is 1. The van der Waals surface area contributed by atoms with Crippen molar-refractivity contribution in [2.45, 2.75) is 19.3 Å². The number of allylic oxidation sites excluding steroid dienone is 2. The van der Waals surface area contributed by atoms with E-state index >= 15 is 0 Å². The van der Waals surface area contributed by atoms with Crippen LogP contribution in [0.4, 0.5) is 0 Å². The van der Waals surface area contributed by atoms with Gasteiger partial charge in [0, 0.05) is 5.92 Å². The molecule has 3 rings (SSSR count). The number of hydrogen-bond donors (Lipinski definition) is 1. The van der Waals surface area contributed by atoms with Crippen LogP contribution in [-0.4, -0.2) is 24.2 Å². The van der Waals surface area contributed by atoms with Gasteiger partial charge in [-0.2, -0.15) is 0 Å². The summed E-state index contributed by atoms with van der Waals surface area (Å²) in [5.74, 6) is -1.89. The predicted molar refractivity (Wildman–Crippen MR) is 52.1 cm³/mol. The van der Waals surface area contributed by atoms with Crippen LogP contribution in [0.2, 0.25) is 0 Å². The van der Waals surface area contributed by atoms with Gasteiger partial charge < -0.3 is 9.84 Å². The summed E-state index contributed by atoms with van der Waals surface area (Å²) in [5.41, 5.74) is -1.30. The first-order valence-corrected chi connectivity index (χ1v) is 5.12. The number of rotatable bonds is 2. The van der Waals surface area contributed by atoms with Crippen molar-refractivity contribution in [2.75, 3.05) is 7.11 Å². The quantitative estimate of drug-likeness (QED) is 0.423. The second-order valence-electron chi connectivity index (χ2n) is 4.21. The monoisotopic (exact) mass is 210 g/mol. The molecule has 0 saturated heterocycles. The summed E-state index contributed by atoms with van der Waals surface area (Å²) in [6.07, 6.45) is 6.23. The zero-order chi connectivity index (χ0) is 11.1. The van der Waals surface area contributed by atoms with E-state index in [1.807, 2.05) is 12.2 Å². The maximum absolute atomic E-state index is 11.7. The Balaban J connectivity index is 2.40. The number of carboxylic acid groups (broad SMARTS) is 1. The molecular weight excluding hydrogens is 196 g/mol. The number of fused-ring (bicyclic) bond motifs is 2. The van der Waals surface area contributed by atoms with Gasteiger partial charge in [0.05, 0.1) is 7.11 Å². The van der Waals surface area contributed by atoms with Crippen molar-refractivity contribution in [1.29, 1.82) is 0 Å². The molecule has 0 aromatic heterocycles. The highest BCUT2D eigenvalue weighted by atomic mass is 16.5. The molecule has 0 radical (unpaired) electrons. The topological polar surface area (TPSA) is 63.6 Å². The lowest BCUT2D eigenvalue weighted by Crippen LogP contribution is -2.59. The first-order chi connectivity index (χ1) is 7.14. The Hall–Kier alpha value is -1.32. The van der Waals surface area contributed by atoms with Crippen molar-refractivity contribution in [2.24, 2.45) is 17.3 Å². The van der Waals surface area contributed by atoms with Crippen molar-refractivity contribution in [1.82, 2.24) is 0 Å². The van der Waals surface area contributed by atoms with Crippen molar-refractivity contribution in [3.05, 3.63) is 12.2 Å². The second kappa shape index (κ2) is 3.36. The zero-order valence-corrected chi connectivity index (χ0v) is 8.60. The number of carbonyl (C=O) groups excluding carboxylic acids is 1. The maximum atomic E-state index is 11.7. The Morgan fingerprint density at radius 1 is 1.53 bits per heavy atom. The molecule has 0 amide bonds. The minimum atomic E-state index is -1.30. The average Bonchev–Trinajstić information content (AvgIpc) is 2.51. The molecule has 2 bridgehead atoms. The van der Waals surface area contributed by atoms with Crippen LogP contribution < -0.4 is 0 Å². The lowest BCUT2D eigenvalue weighted by atomic mass is 9.52. The molecule has 82 valence electrons. The minimum absolute atomic E-state index is 0.0672. The highest BCUT2D eigenvalue weighted by Crippen LogP contribution is 2.56. The number of methoxy groups -OCH3 is 1. The van der Waals surface area contributed by atoms with E-state index in [1.165, 1.54) is 7.11 Å². The molecule has 3 unspecified atom stereocenters. The van der Waals surface area contributed by atoms with Crippen LogP contribution >= 0.6 is 0 Å². The first-order valence-electron chi connectivity index (χ1n) is 5.12. The third kappa shape index (κ3) is 1.14. The van der Waals surface area contributed by atoms with Gasteiger partial charge in [-0.15, -0.1) is 0 Å². The fourth-order valence-electron chi connectivity index (χ4n) is 2.86. The smallest absolute Gasteiger partial charge is 0.324 e. The SMILES string of the molecule is COC(=O)C1(C(=O)O)C2C=CCCC1C2. The molecule has 1 saturated carbocycles. The van der Waals surface area contributed by atoms with Gasteiger partial charge in [-0.25, -0.2) is 0 Å². The second-order valence-corrected chi connectivity index (χ2v) is 4.21. The molecule has 15 heavy (non-hydrogen) atoms. The van der Waals surface area contributed by atoms with E-state index in [0.717, 1.165) is 19.3 Å². The molecule has 0 aromatic carbocycles. The van der Waals surface area contributed by atoms with Crippen LogP contribution in [-0.2, 0) is 14.3 Å². The highest BCUT2D eigenvalue weighted by Gasteiger charge is 2.65. The minimum Gasteiger partial charge on any atom is -0.480 e. The fraction of sp³-hybridized carbons (Fsp3) is 0.636. The van der Waals surface area contributed by atoms with E-state index in [9.17, 15) is 14.7 Å². The van der Waals surface area contributed by atoms with Crippen LogP contribution in [0.15, 0.2) is 12.2 Å². The van der Waals surface area contributed by atoms with Crippen LogP contribution in [0.25, 0.3) is 0 Å². The number of aliphatic carboxylic acids is 1. The van der Waals surface area contributed by atoms with E-state index in [0.29, 0.717) is 0 Å². The highest BCUT2D eigenvalue weighted by molar-refractivity contribution is 6.01. The summed E-state index contributed by atoms with van der Waals surface area (Å²) in [5, 5.41) is 9.28. The standard InChI is InChI=1S/C11H14O4/c1-15-10(14)11(9(12)13)7-4-2-3-5-8(11)6-7/h2,4,7-8H,3,5-6H2,1H3,(H,12,13). The van der Waals surface area contributed by atoms with Gasteiger partial charge in [-0.1, -0.05) is 12.2 Å². The lowest BCUT2D eigenvalue weighted by Gasteiger charge is -2.48. The van der Waals surface area contributed by atoms with Gasteiger partial charge in [0.15, 0.2) is 5.41 Å². The normalized spacial score (nSPS) is 37.7. The van der Waals surface area contributed by atoms with Gasteiger partial charge in [0.25, 0.3) is 0 Å². The van der Waals surface area contributed by atoms with Gasteiger partial charge in [-0.05, 0) is 25.2 Å².